The molecule has 1 aromatic carbocycles. The summed E-state index contributed by atoms with van der Waals surface area (Å²) in [5.41, 5.74) is 6.13. The van der Waals surface area contributed by atoms with Gasteiger partial charge in [-0.05, 0) is 30.5 Å². The second-order valence-electron chi connectivity index (χ2n) is 5.16. The molecule has 116 valence electrons. The van der Waals surface area contributed by atoms with Gasteiger partial charge in [-0.2, -0.15) is 0 Å². The lowest BCUT2D eigenvalue weighted by molar-refractivity contribution is -0.137. The van der Waals surface area contributed by atoms with Crippen molar-refractivity contribution in [3.8, 4) is 5.75 Å². The predicted molar refractivity (Wildman–Crippen MR) is 89.3 cm³/mol. The van der Waals surface area contributed by atoms with Gasteiger partial charge in [0.15, 0.2) is 0 Å². The van der Waals surface area contributed by atoms with Crippen LogP contribution in [-0.2, 0) is 11.3 Å². The molecule has 0 bridgehead atoms. The highest BCUT2D eigenvalue weighted by Crippen LogP contribution is 2.30. The first-order valence-electron chi connectivity index (χ1n) is 7.09. The smallest absolute Gasteiger partial charge is 0.235 e. The van der Waals surface area contributed by atoms with Gasteiger partial charge in [-0.1, -0.05) is 38.2 Å². The third-order valence-corrected chi connectivity index (χ3v) is 4.40. The summed E-state index contributed by atoms with van der Waals surface area (Å²) in [6.45, 7) is 4.41. The molecule has 0 radical (unpaired) electrons. The Morgan fingerprint density at radius 1 is 1.29 bits per heavy atom. The number of carbonyl (C=O) groups is 1. The molecule has 0 aliphatic carbocycles. The van der Waals surface area contributed by atoms with E-state index < -0.39 is 5.41 Å². The zero-order chi connectivity index (χ0) is 16.0. The van der Waals surface area contributed by atoms with Crippen molar-refractivity contribution in [2.45, 2.75) is 33.2 Å². The average Bonchev–Trinajstić information content (AvgIpc) is 2.49. The minimum absolute atomic E-state index is 0.0178. The van der Waals surface area contributed by atoms with Gasteiger partial charge in [0.25, 0.3) is 0 Å². The highest BCUT2D eigenvalue weighted by atomic mass is 32.1. The topological polar surface area (TPSA) is 55.6 Å². The first-order chi connectivity index (χ1) is 9.91. The number of nitrogens with zero attached hydrogens (tertiary/aromatic N) is 1. The SMILES string of the molecule is CCC(CC)(C(=O)N(C)Cc1ccc(OC)cc1)C(N)=S. The van der Waals surface area contributed by atoms with Crippen LogP contribution in [0, 0.1) is 5.41 Å². The Balaban J connectivity index is 2.88. The van der Waals surface area contributed by atoms with Gasteiger partial charge in [-0.3, -0.25) is 4.79 Å². The highest BCUT2D eigenvalue weighted by molar-refractivity contribution is 7.80. The Morgan fingerprint density at radius 3 is 2.19 bits per heavy atom. The lowest BCUT2D eigenvalue weighted by Crippen LogP contribution is -2.48. The molecular weight excluding hydrogens is 284 g/mol. The zero-order valence-corrected chi connectivity index (χ0v) is 14.0. The van der Waals surface area contributed by atoms with Crippen molar-refractivity contribution in [1.82, 2.24) is 4.90 Å². The largest absolute Gasteiger partial charge is 0.497 e. The number of rotatable bonds is 7. The number of hydrogen-bond donors (Lipinski definition) is 1. The molecule has 2 N–H and O–H groups in total. The molecule has 0 heterocycles. The molecule has 21 heavy (non-hydrogen) atoms. The number of ether oxygens (including phenoxy) is 1. The van der Waals surface area contributed by atoms with Crippen LogP contribution >= 0.6 is 12.2 Å². The lowest BCUT2D eigenvalue weighted by Gasteiger charge is -2.33. The van der Waals surface area contributed by atoms with E-state index in [-0.39, 0.29) is 10.9 Å². The average molecular weight is 308 g/mol. The summed E-state index contributed by atoms with van der Waals surface area (Å²) in [7, 11) is 3.41. The third kappa shape index (κ3) is 3.73. The van der Waals surface area contributed by atoms with E-state index in [4.69, 9.17) is 22.7 Å². The van der Waals surface area contributed by atoms with Gasteiger partial charge < -0.3 is 15.4 Å². The van der Waals surface area contributed by atoms with E-state index in [9.17, 15) is 4.79 Å². The molecule has 0 fully saturated rings. The maximum atomic E-state index is 12.7. The molecule has 0 atom stereocenters. The van der Waals surface area contributed by atoms with Crippen LogP contribution in [0.15, 0.2) is 24.3 Å². The molecule has 0 saturated heterocycles. The van der Waals surface area contributed by atoms with Crippen LogP contribution in [0.5, 0.6) is 5.75 Å². The van der Waals surface area contributed by atoms with Gasteiger partial charge in [0.05, 0.1) is 17.5 Å². The Morgan fingerprint density at radius 2 is 1.81 bits per heavy atom. The summed E-state index contributed by atoms with van der Waals surface area (Å²) >= 11 is 5.13. The van der Waals surface area contributed by atoms with Crippen LogP contribution in [0.1, 0.15) is 32.3 Å². The number of amides is 1. The Bertz CT molecular complexity index is 496. The summed E-state index contributed by atoms with van der Waals surface area (Å²) in [6.07, 6.45) is 1.23. The van der Waals surface area contributed by atoms with Gasteiger partial charge in [0.2, 0.25) is 5.91 Å². The van der Waals surface area contributed by atoms with E-state index in [1.165, 1.54) is 0 Å². The quantitative estimate of drug-likeness (QED) is 0.787. The molecule has 0 aliphatic heterocycles. The van der Waals surface area contributed by atoms with Crippen molar-refractivity contribution in [2.75, 3.05) is 14.2 Å². The number of thiocarbonyl (C=S) groups is 1. The lowest BCUT2D eigenvalue weighted by atomic mass is 9.80. The molecule has 0 unspecified atom stereocenters. The Labute approximate surface area is 132 Å². The summed E-state index contributed by atoms with van der Waals surface area (Å²) in [5.74, 6) is 0.781. The fourth-order valence-corrected chi connectivity index (χ4v) is 2.82. The molecular formula is C16H24N2O2S. The predicted octanol–water partition coefficient (Wildman–Crippen LogP) is 2.75. The summed E-state index contributed by atoms with van der Waals surface area (Å²) in [5, 5.41) is 0. The number of methoxy groups -OCH3 is 1. The molecule has 0 aliphatic rings. The van der Waals surface area contributed by atoms with Crippen LogP contribution in [0.3, 0.4) is 0 Å². The molecule has 1 amide bonds. The second kappa shape index (κ2) is 7.41. The van der Waals surface area contributed by atoms with Crippen LogP contribution in [0.4, 0.5) is 0 Å². The van der Waals surface area contributed by atoms with Gasteiger partial charge in [0.1, 0.15) is 5.75 Å². The molecule has 1 aromatic rings. The fourth-order valence-electron chi connectivity index (χ4n) is 2.45. The molecule has 5 heteroatoms. The van der Waals surface area contributed by atoms with Crippen LogP contribution in [0.25, 0.3) is 0 Å². The summed E-state index contributed by atoms with van der Waals surface area (Å²) in [6, 6.07) is 7.66. The van der Waals surface area contributed by atoms with Crippen molar-refractivity contribution in [1.29, 1.82) is 0 Å². The minimum atomic E-state index is -0.740. The Kier molecular flexibility index (Phi) is 6.15. The van der Waals surface area contributed by atoms with Crippen LogP contribution in [0.2, 0.25) is 0 Å². The number of benzene rings is 1. The van der Waals surface area contributed by atoms with Crippen molar-refractivity contribution in [3.63, 3.8) is 0 Å². The normalized spacial score (nSPS) is 11.0. The first kappa shape index (κ1) is 17.4. The second-order valence-corrected chi connectivity index (χ2v) is 5.60. The third-order valence-electron chi connectivity index (χ3n) is 4.01. The number of carbonyl (C=O) groups excluding carboxylic acids is 1. The van der Waals surface area contributed by atoms with Crippen LogP contribution < -0.4 is 10.5 Å². The summed E-state index contributed by atoms with van der Waals surface area (Å²) < 4.78 is 5.13. The number of hydrogen-bond acceptors (Lipinski definition) is 3. The van der Waals surface area contributed by atoms with Gasteiger partial charge in [0, 0.05) is 13.6 Å². The minimum Gasteiger partial charge on any atom is -0.497 e. The van der Waals surface area contributed by atoms with Crippen molar-refractivity contribution < 1.29 is 9.53 Å². The molecule has 0 saturated carbocycles. The van der Waals surface area contributed by atoms with E-state index in [1.807, 2.05) is 38.1 Å². The first-order valence-corrected chi connectivity index (χ1v) is 7.50. The van der Waals surface area contributed by atoms with Crippen molar-refractivity contribution >= 4 is 23.1 Å². The van der Waals surface area contributed by atoms with Crippen LogP contribution in [-0.4, -0.2) is 30.0 Å². The maximum Gasteiger partial charge on any atom is 0.235 e. The van der Waals surface area contributed by atoms with E-state index in [0.717, 1.165) is 11.3 Å². The highest BCUT2D eigenvalue weighted by Gasteiger charge is 2.39. The Hall–Kier alpha value is -1.62. The molecule has 1 rings (SSSR count). The van der Waals surface area contributed by atoms with E-state index in [2.05, 4.69) is 0 Å². The van der Waals surface area contributed by atoms with E-state index in [1.54, 1.807) is 19.1 Å². The van der Waals surface area contributed by atoms with Crippen molar-refractivity contribution in [3.05, 3.63) is 29.8 Å². The van der Waals surface area contributed by atoms with Gasteiger partial charge >= 0.3 is 0 Å². The van der Waals surface area contributed by atoms with Gasteiger partial charge in [-0.15, -0.1) is 0 Å². The monoisotopic (exact) mass is 308 g/mol. The molecule has 0 aromatic heterocycles. The van der Waals surface area contributed by atoms with E-state index in [0.29, 0.717) is 19.4 Å². The fraction of sp³-hybridized carbons (Fsp3) is 0.500. The van der Waals surface area contributed by atoms with Crippen molar-refractivity contribution in [2.24, 2.45) is 11.1 Å². The maximum absolute atomic E-state index is 12.7. The zero-order valence-electron chi connectivity index (χ0n) is 13.2. The molecule has 4 nitrogen and oxygen atoms in total. The standard InChI is InChI=1S/C16H24N2O2S/c1-5-16(6-2,14(17)21)15(19)18(3)11-12-7-9-13(20-4)10-8-12/h7-10H,5-6,11H2,1-4H3,(H2,17,21). The van der Waals surface area contributed by atoms with E-state index >= 15 is 0 Å². The number of nitrogens with two attached hydrogens (primary N) is 1. The summed E-state index contributed by atoms with van der Waals surface area (Å²) in [4.78, 5) is 14.7. The molecule has 0 spiro atoms. The van der Waals surface area contributed by atoms with Gasteiger partial charge in [-0.25, -0.2) is 0 Å².